The quantitative estimate of drug-likeness (QED) is 0.0382. The van der Waals surface area contributed by atoms with Crippen LogP contribution in [-0.2, 0) is 29.2 Å². The van der Waals surface area contributed by atoms with Gasteiger partial charge in [-0.3, -0.25) is 14.1 Å². The molecule has 0 radical (unpaired) electrons. The molecule has 0 saturated carbocycles. The summed E-state index contributed by atoms with van der Waals surface area (Å²) in [6.07, 6.45) is 24.8. The molecule has 0 spiro atoms. The summed E-state index contributed by atoms with van der Waals surface area (Å²) in [6, 6.07) is 0. The molecular weight excluding hydrogens is 642 g/mol. The van der Waals surface area contributed by atoms with Gasteiger partial charge >= 0.3 is 60.8 Å². The van der Waals surface area contributed by atoms with Crippen molar-refractivity contribution in [3.63, 3.8) is 0 Å². The Hall–Kier alpha value is 0.421. The van der Waals surface area contributed by atoms with E-state index < -0.39 is 33.7 Å². The number of hydrogen-bond acceptors (Lipinski definition) is 6. The summed E-state index contributed by atoms with van der Waals surface area (Å²) in [6.45, 7) is 4.70. The van der Waals surface area contributed by atoms with Gasteiger partial charge in [-0.1, -0.05) is 142 Å². The molecule has 1 unspecified atom stereocenters. The Morgan fingerprint density at radius 1 is 0.564 bits per heavy atom. The van der Waals surface area contributed by atoms with Gasteiger partial charge in [-0.2, -0.15) is 8.42 Å². The molecule has 1 atom stereocenters. The molecule has 0 amide bonds. The van der Waals surface area contributed by atoms with Gasteiger partial charge in [0.05, 0.1) is 19.6 Å². The summed E-state index contributed by atoms with van der Waals surface area (Å²) in [4.78, 5) is 24.3. The van der Waals surface area contributed by atoms with Crippen molar-refractivity contribution < 1.29 is 32.0 Å². The van der Waals surface area contributed by atoms with Gasteiger partial charge in [0.2, 0.25) is 0 Å². The van der Waals surface area contributed by atoms with E-state index >= 15 is 0 Å². The third-order valence-corrected chi connectivity index (χ3v) is 8.06. The summed E-state index contributed by atoms with van der Waals surface area (Å²) in [5.74, 6) is -1.91. The maximum atomic E-state index is 12.2. The van der Waals surface area contributed by atoms with Gasteiger partial charge < -0.3 is 9.47 Å². The van der Waals surface area contributed by atoms with Gasteiger partial charge in [0.1, 0.15) is 0 Å². The van der Waals surface area contributed by atoms with Crippen molar-refractivity contribution in [3.8, 4) is 0 Å². The van der Waals surface area contributed by atoms with E-state index in [0.717, 1.165) is 38.5 Å². The predicted molar refractivity (Wildman–Crippen MR) is 161 cm³/mol. The van der Waals surface area contributed by atoms with Crippen molar-refractivity contribution in [1.82, 2.24) is 0 Å². The Balaban J connectivity index is 0. The number of hydrogen-bond donors (Lipinski definition) is 1. The molecule has 0 saturated heterocycles. The van der Waals surface area contributed by atoms with E-state index in [1.54, 1.807) is 0 Å². The topological polar surface area (TPSA) is 107 Å². The molecule has 0 aromatic heterocycles. The van der Waals surface area contributed by atoms with Crippen molar-refractivity contribution in [2.75, 3.05) is 13.2 Å². The zero-order valence-corrected chi connectivity index (χ0v) is 30.5. The van der Waals surface area contributed by atoms with Crippen molar-refractivity contribution in [3.05, 3.63) is 0 Å². The largest absolute Gasteiger partial charge is 2.00 e. The fourth-order valence-electron chi connectivity index (χ4n) is 4.50. The van der Waals surface area contributed by atoms with Gasteiger partial charge in [0.15, 0.2) is 5.25 Å². The van der Waals surface area contributed by atoms with Crippen molar-refractivity contribution >= 4 is 70.9 Å². The normalized spacial score (nSPS) is 12.1. The molecule has 0 fully saturated rings. The molecule has 0 aliphatic carbocycles. The average Bonchev–Trinajstić information content (AvgIpc) is 2.87. The van der Waals surface area contributed by atoms with E-state index in [9.17, 15) is 22.6 Å². The van der Waals surface area contributed by atoms with Gasteiger partial charge in [0, 0.05) is 0 Å². The smallest absolute Gasteiger partial charge is 0.466 e. The van der Waals surface area contributed by atoms with Crippen molar-refractivity contribution in [1.29, 1.82) is 0 Å². The van der Waals surface area contributed by atoms with Crippen LogP contribution >= 0.6 is 0 Å². The zero-order chi connectivity index (χ0) is 28.3. The second-order valence-electron chi connectivity index (χ2n) is 10.7. The third kappa shape index (κ3) is 28.3. The molecule has 7 nitrogen and oxygen atoms in total. The molecule has 0 aliphatic heterocycles. The van der Waals surface area contributed by atoms with Gasteiger partial charge in [-0.25, -0.2) is 0 Å². The molecule has 0 aliphatic rings. The minimum atomic E-state index is -4.76. The number of unbranched alkanes of at least 4 members (excludes halogenated alkanes) is 20. The number of ether oxygens (including phenoxy) is 2. The molecule has 0 bridgehead atoms. The van der Waals surface area contributed by atoms with Crippen LogP contribution in [0.25, 0.3) is 0 Å². The Morgan fingerprint density at radius 2 is 0.872 bits per heavy atom. The van der Waals surface area contributed by atoms with Crippen LogP contribution in [0.3, 0.4) is 0 Å². The first-order valence-corrected chi connectivity index (χ1v) is 17.1. The maximum absolute atomic E-state index is 12.2. The fraction of sp³-hybridized carbons (Fsp3) is 0.933. The van der Waals surface area contributed by atoms with Crippen LogP contribution in [0.1, 0.15) is 162 Å². The average molecular weight is 700 g/mol. The van der Waals surface area contributed by atoms with Gasteiger partial charge in [-0.15, -0.1) is 0 Å². The number of carbonyl (C=O) groups excluding carboxylic acids is 2. The van der Waals surface area contributed by atoms with Gasteiger partial charge in [-0.05, 0) is 12.8 Å². The summed E-state index contributed by atoms with van der Waals surface area (Å²) in [7, 11) is -4.76. The molecule has 39 heavy (non-hydrogen) atoms. The molecule has 1 N–H and O–H groups in total. The fourth-order valence-corrected chi connectivity index (χ4v) is 5.16. The Kier molecular flexibility index (Phi) is 31.9. The monoisotopic (exact) mass is 700 g/mol. The number of carbonyl (C=O) groups is 2. The minimum absolute atomic E-state index is 0. The van der Waals surface area contributed by atoms with E-state index in [-0.39, 0.29) is 62.1 Å². The van der Waals surface area contributed by atoms with Crippen LogP contribution in [-0.4, -0.2) is 92.3 Å². The second-order valence-corrected chi connectivity index (χ2v) is 12.3. The SMILES string of the molecule is CCCCCCCCCCCCCOC(=O)CC(C(=O)OCCCCCCCCCCCCC)S(=O)(=O)O.[Ba+2]. The third-order valence-electron chi connectivity index (χ3n) is 6.98. The van der Waals surface area contributed by atoms with Crippen LogP contribution in [0.2, 0.25) is 0 Å². The second kappa shape index (κ2) is 29.9. The molecule has 0 heterocycles. The van der Waals surface area contributed by atoms with Crippen LogP contribution in [0.15, 0.2) is 0 Å². The Labute approximate surface area is 280 Å². The number of esters is 2. The molecular formula is C30H58BaO7S+2. The van der Waals surface area contributed by atoms with Gasteiger partial charge in [0.25, 0.3) is 10.1 Å². The Bertz CT molecular complexity index is 670. The van der Waals surface area contributed by atoms with E-state index in [1.807, 2.05) is 0 Å². The predicted octanol–water partition coefficient (Wildman–Crippen LogP) is 7.96. The first-order valence-electron chi connectivity index (χ1n) is 15.6. The summed E-state index contributed by atoms with van der Waals surface area (Å²) < 4.78 is 42.9. The summed E-state index contributed by atoms with van der Waals surface area (Å²) in [5, 5.41) is -1.93. The first-order chi connectivity index (χ1) is 18.3. The Morgan fingerprint density at radius 3 is 1.21 bits per heavy atom. The maximum Gasteiger partial charge on any atom is 2.00 e. The van der Waals surface area contributed by atoms with E-state index in [0.29, 0.717) is 12.8 Å². The van der Waals surface area contributed by atoms with Crippen LogP contribution in [0, 0.1) is 0 Å². The van der Waals surface area contributed by atoms with Crippen LogP contribution < -0.4 is 0 Å². The van der Waals surface area contributed by atoms with E-state index in [2.05, 4.69) is 13.8 Å². The van der Waals surface area contributed by atoms with Crippen LogP contribution in [0.4, 0.5) is 0 Å². The van der Waals surface area contributed by atoms with Crippen molar-refractivity contribution in [2.45, 2.75) is 167 Å². The van der Waals surface area contributed by atoms with E-state index in [4.69, 9.17) is 9.47 Å². The minimum Gasteiger partial charge on any atom is -0.466 e. The molecule has 0 rings (SSSR count). The van der Waals surface area contributed by atoms with Crippen LogP contribution in [0.5, 0.6) is 0 Å². The van der Waals surface area contributed by atoms with Crippen molar-refractivity contribution in [2.24, 2.45) is 0 Å². The zero-order valence-electron chi connectivity index (χ0n) is 25.3. The summed E-state index contributed by atoms with van der Waals surface area (Å²) >= 11 is 0. The van der Waals surface area contributed by atoms with E-state index in [1.165, 1.54) is 89.9 Å². The molecule has 0 aromatic rings. The molecule has 226 valence electrons. The summed E-state index contributed by atoms with van der Waals surface area (Å²) in [5.41, 5.74) is 0. The molecule has 0 aromatic carbocycles. The molecule has 9 heteroatoms. The number of rotatable bonds is 28. The first kappa shape index (κ1) is 41.6. The standard InChI is InChI=1S/C30H58O7S.Ba/c1-3-5-7-9-11-13-15-17-19-21-23-25-36-29(31)27-28(38(33,34)35)30(32)37-26-24-22-20-18-16-14-12-10-8-6-4-2;/h28H,3-27H2,1-2H3,(H,33,34,35);/q;+2.